The predicted octanol–water partition coefficient (Wildman–Crippen LogP) is 4.13. The maximum atomic E-state index is 12.6. The fourth-order valence-electron chi connectivity index (χ4n) is 3.69. The minimum atomic E-state index is 0.213. The predicted molar refractivity (Wildman–Crippen MR) is 67.2 cm³/mol. The zero-order chi connectivity index (χ0) is 11.9. The number of ketones is 1. The Hall–Kier alpha value is -0.590. The molecule has 2 rings (SSSR count). The van der Waals surface area contributed by atoms with Gasteiger partial charge in [-0.3, -0.25) is 4.79 Å². The van der Waals surface area contributed by atoms with E-state index in [1.165, 1.54) is 30.4 Å². The lowest BCUT2D eigenvalue weighted by molar-refractivity contribution is -0.124. The topological polar surface area (TPSA) is 17.1 Å². The number of carbonyl (C=O) groups is 1. The third-order valence-corrected chi connectivity index (χ3v) is 4.71. The van der Waals surface area contributed by atoms with E-state index in [0.717, 1.165) is 12.8 Å². The molecule has 0 aromatic heterocycles. The van der Waals surface area contributed by atoms with Gasteiger partial charge < -0.3 is 0 Å². The average molecular weight is 220 g/mol. The molecule has 2 aliphatic carbocycles. The van der Waals surface area contributed by atoms with Crippen molar-refractivity contribution in [3.05, 3.63) is 11.1 Å². The highest BCUT2D eigenvalue weighted by Gasteiger charge is 2.44. The van der Waals surface area contributed by atoms with Crippen LogP contribution < -0.4 is 0 Å². The molecule has 0 aromatic rings. The molecule has 16 heavy (non-hydrogen) atoms. The number of rotatable bonds is 1. The van der Waals surface area contributed by atoms with Crippen LogP contribution in [0.1, 0.15) is 59.8 Å². The molecule has 1 fully saturated rings. The number of allylic oxidation sites excluding steroid dienone is 2. The van der Waals surface area contributed by atoms with E-state index in [-0.39, 0.29) is 11.3 Å². The van der Waals surface area contributed by atoms with Crippen LogP contribution in [0.2, 0.25) is 0 Å². The molecule has 2 aliphatic rings. The lowest BCUT2D eigenvalue weighted by Gasteiger charge is -2.43. The zero-order valence-electron chi connectivity index (χ0n) is 11.1. The summed E-state index contributed by atoms with van der Waals surface area (Å²) in [6.07, 6.45) is 5.95. The Morgan fingerprint density at radius 2 is 2.00 bits per heavy atom. The van der Waals surface area contributed by atoms with Gasteiger partial charge in [-0.2, -0.15) is 0 Å². The SMILES string of the molecule is CC1=C2C(=O)[C@H](C(C)C)CC[C@]2(C)CCC1. The van der Waals surface area contributed by atoms with Gasteiger partial charge in [-0.05, 0) is 50.4 Å². The molecule has 0 radical (unpaired) electrons. The van der Waals surface area contributed by atoms with Crippen molar-refractivity contribution in [2.24, 2.45) is 17.3 Å². The second-order valence-electron chi connectivity index (χ2n) is 6.32. The van der Waals surface area contributed by atoms with Crippen molar-refractivity contribution in [2.75, 3.05) is 0 Å². The molecule has 1 nitrogen and oxygen atoms in total. The van der Waals surface area contributed by atoms with E-state index in [1.54, 1.807) is 0 Å². The van der Waals surface area contributed by atoms with Crippen LogP contribution in [-0.2, 0) is 4.79 Å². The van der Waals surface area contributed by atoms with Gasteiger partial charge in [0.2, 0.25) is 0 Å². The second kappa shape index (κ2) is 4.01. The highest BCUT2D eigenvalue weighted by molar-refractivity contribution is 6.00. The van der Waals surface area contributed by atoms with E-state index >= 15 is 0 Å². The first-order chi connectivity index (χ1) is 7.46. The van der Waals surface area contributed by atoms with Gasteiger partial charge in [0, 0.05) is 11.5 Å². The number of hydrogen-bond donors (Lipinski definition) is 0. The smallest absolute Gasteiger partial charge is 0.162 e. The summed E-state index contributed by atoms with van der Waals surface area (Å²) in [7, 11) is 0. The van der Waals surface area contributed by atoms with Crippen LogP contribution in [0.5, 0.6) is 0 Å². The molecule has 0 bridgehead atoms. The zero-order valence-corrected chi connectivity index (χ0v) is 11.1. The van der Waals surface area contributed by atoms with Crippen LogP contribution in [0.15, 0.2) is 11.1 Å². The molecular formula is C15H24O. The number of fused-ring (bicyclic) bond motifs is 1. The van der Waals surface area contributed by atoms with Crippen molar-refractivity contribution in [3.63, 3.8) is 0 Å². The molecule has 1 heteroatoms. The molecule has 1 saturated carbocycles. The highest BCUT2D eigenvalue weighted by Crippen LogP contribution is 2.50. The molecule has 90 valence electrons. The Bertz CT molecular complexity index is 337. The molecule has 0 aliphatic heterocycles. The summed E-state index contributed by atoms with van der Waals surface area (Å²) in [5.41, 5.74) is 2.80. The summed E-state index contributed by atoms with van der Waals surface area (Å²) in [6, 6.07) is 0. The third-order valence-electron chi connectivity index (χ3n) is 4.71. The van der Waals surface area contributed by atoms with E-state index in [0.29, 0.717) is 11.7 Å². The minimum absolute atomic E-state index is 0.213. The second-order valence-corrected chi connectivity index (χ2v) is 6.32. The molecule has 0 aromatic carbocycles. The summed E-state index contributed by atoms with van der Waals surface area (Å²) >= 11 is 0. The van der Waals surface area contributed by atoms with Crippen LogP contribution in [0.25, 0.3) is 0 Å². The molecular weight excluding hydrogens is 196 g/mol. The summed E-state index contributed by atoms with van der Waals surface area (Å²) in [6.45, 7) is 8.85. The van der Waals surface area contributed by atoms with Crippen LogP contribution >= 0.6 is 0 Å². The van der Waals surface area contributed by atoms with Gasteiger partial charge in [0.15, 0.2) is 5.78 Å². The lowest BCUT2D eigenvalue weighted by atomic mass is 9.60. The van der Waals surface area contributed by atoms with Gasteiger partial charge in [0.1, 0.15) is 0 Å². The van der Waals surface area contributed by atoms with Gasteiger partial charge in [-0.15, -0.1) is 0 Å². The first-order valence-electron chi connectivity index (χ1n) is 6.70. The fraction of sp³-hybridized carbons (Fsp3) is 0.800. The molecule has 0 spiro atoms. The van der Waals surface area contributed by atoms with Crippen LogP contribution in [0.4, 0.5) is 0 Å². The Morgan fingerprint density at radius 1 is 1.31 bits per heavy atom. The van der Waals surface area contributed by atoms with E-state index in [4.69, 9.17) is 0 Å². The van der Waals surface area contributed by atoms with Gasteiger partial charge in [0.05, 0.1) is 0 Å². The van der Waals surface area contributed by atoms with Gasteiger partial charge in [-0.1, -0.05) is 26.3 Å². The number of carbonyl (C=O) groups excluding carboxylic acids is 1. The fourth-order valence-corrected chi connectivity index (χ4v) is 3.69. The maximum Gasteiger partial charge on any atom is 0.162 e. The van der Waals surface area contributed by atoms with Crippen molar-refractivity contribution in [2.45, 2.75) is 59.8 Å². The van der Waals surface area contributed by atoms with Crippen molar-refractivity contribution in [1.82, 2.24) is 0 Å². The van der Waals surface area contributed by atoms with E-state index in [9.17, 15) is 4.79 Å². The molecule has 2 atom stereocenters. The lowest BCUT2D eigenvalue weighted by Crippen LogP contribution is -2.39. The first kappa shape index (κ1) is 11.9. The Labute approximate surface area is 99.3 Å². The van der Waals surface area contributed by atoms with Crippen LogP contribution in [0, 0.1) is 17.3 Å². The molecule has 0 unspecified atom stereocenters. The van der Waals surface area contributed by atoms with E-state index in [2.05, 4.69) is 27.7 Å². The molecule has 0 amide bonds. The van der Waals surface area contributed by atoms with Gasteiger partial charge >= 0.3 is 0 Å². The van der Waals surface area contributed by atoms with Crippen molar-refractivity contribution < 1.29 is 4.79 Å². The van der Waals surface area contributed by atoms with E-state index in [1.807, 2.05) is 0 Å². The molecule has 0 saturated heterocycles. The molecule has 0 N–H and O–H groups in total. The highest BCUT2D eigenvalue weighted by atomic mass is 16.1. The standard InChI is InChI=1S/C15H24O/c1-10(2)12-7-9-15(4)8-5-6-11(3)13(15)14(12)16/h10,12H,5-9H2,1-4H3/t12-,15-/m0/s1. The molecule has 0 heterocycles. The Balaban J connectivity index is 2.38. The van der Waals surface area contributed by atoms with Crippen molar-refractivity contribution in [1.29, 1.82) is 0 Å². The van der Waals surface area contributed by atoms with Crippen LogP contribution in [0.3, 0.4) is 0 Å². The monoisotopic (exact) mass is 220 g/mol. The quantitative estimate of drug-likeness (QED) is 0.649. The first-order valence-corrected chi connectivity index (χ1v) is 6.70. The Kier molecular flexibility index (Phi) is 2.98. The van der Waals surface area contributed by atoms with Gasteiger partial charge in [0.25, 0.3) is 0 Å². The largest absolute Gasteiger partial charge is 0.294 e. The van der Waals surface area contributed by atoms with Crippen molar-refractivity contribution >= 4 is 5.78 Å². The number of hydrogen-bond acceptors (Lipinski definition) is 1. The average Bonchev–Trinajstić information content (AvgIpc) is 2.16. The summed E-state index contributed by atoms with van der Waals surface area (Å²) in [4.78, 5) is 12.6. The number of Topliss-reactive ketones (excluding diaryl/α,β-unsaturated/α-hetero) is 1. The minimum Gasteiger partial charge on any atom is -0.294 e. The maximum absolute atomic E-state index is 12.6. The van der Waals surface area contributed by atoms with Crippen LogP contribution in [-0.4, -0.2) is 5.78 Å². The Morgan fingerprint density at radius 3 is 2.62 bits per heavy atom. The summed E-state index contributed by atoms with van der Waals surface area (Å²) < 4.78 is 0. The normalized spacial score (nSPS) is 35.6. The van der Waals surface area contributed by atoms with Gasteiger partial charge in [-0.25, -0.2) is 0 Å². The van der Waals surface area contributed by atoms with E-state index < -0.39 is 0 Å². The van der Waals surface area contributed by atoms with Crippen molar-refractivity contribution in [3.8, 4) is 0 Å². The summed E-state index contributed by atoms with van der Waals surface area (Å²) in [5.74, 6) is 1.26. The third kappa shape index (κ3) is 1.74. The summed E-state index contributed by atoms with van der Waals surface area (Å²) in [5, 5.41) is 0.